The largest absolute Gasteiger partial charge is 0.164 e. The van der Waals surface area contributed by atoms with Gasteiger partial charge in [-0.3, -0.25) is 0 Å². The first-order valence-corrected chi connectivity index (χ1v) is 32.0. The molecule has 0 bridgehead atoms. The third-order valence-electron chi connectivity index (χ3n) is 14.2. The number of hydrogen-bond acceptors (Lipinski definition) is 0. The normalized spacial score (nSPS) is 17.7. The molecule has 4 saturated carbocycles. The molecule has 0 unspecified atom stereocenters. The molecule has 0 heterocycles. The summed E-state index contributed by atoms with van der Waals surface area (Å²) in [5, 5.41) is 5.71. The number of benzene rings is 4. The second-order valence-electron chi connectivity index (χ2n) is 18.5. The number of fused-ring (bicyclic) bond motifs is 2. The fourth-order valence-corrected chi connectivity index (χ4v) is 11.2. The third-order valence-corrected chi connectivity index (χ3v) is 14.2. The Hall–Kier alpha value is -2.22. The molecule has 0 aromatic heterocycles. The minimum atomic E-state index is -0.826. The molecule has 60 heavy (non-hydrogen) atoms. The number of halogens is 2. The van der Waals surface area contributed by atoms with Gasteiger partial charge in [0.15, 0.2) is 0 Å². The van der Waals surface area contributed by atoms with E-state index in [4.69, 9.17) is 17.0 Å². The van der Waals surface area contributed by atoms with Crippen LogP contribution in [-0.4, -0.2) is 9.52 Å². The quantitative estimate of drug-likeness (QED) is 0.105. The zero-order valence-electron chi connectivity index (χ0n) is 36.6. The monoisotopic (exact) mass is 928 g/mol. The SMILES string of the molecule is C[Si]C.[Cl][Zr+2][Cl].c1cc(-c2ccc(C3CCCCC3)cc2)c2cc(CC3CCCC3)[cH-]c2c1.c1cc(-c2ccc(C3CCCCC3)cc2)c2cc(CC3CCCC3)[cH-]c2c1. The van der Waals surface area contributed by atoms with Crippen molar-refractivity contribution in [2.45, 2.75) is 153 Å². The van der Waals surface area contributed by atoms with Crippen LogP contribution in [0.2, 0.25) is 13.1 Å². The van der Waals surface area contributed by atoms with Crippen LogP contribution >= 0.6 is 17.0 Å². The van der Waals surface area contributed by atoms with Gasteiger partial charge in [0.05, 0.1) is 0 Å². The van der Waals surface area contributed by atoms with Gasteiger partial charge in [0.25, 0.3) is 0 Å². The van der Waals surface area contributed by atoms with Crippen molar-refractivity contribution in [3.05, 3.63) is 131 Å². The van der Waals surface area contributed by atoms with Crippen LogP contribution in [0.25, 0.3) is 43.8 Å². The topological polar surface area (TPSA) is 0 Å². The van der Waals surface area contributed by atoms with E-state index >= 15 is 0 Å². The maximum absolute atomic E-state index is 4.93. The Morgan fingerprint density at radius 3 is 1.17 bits per heavy atom. The first-order valence-electron chi connectivity index (χ1n) is 23.7. The van der Waals surface area contributed by atoms with Gasteiger partial charge >= 0.3 is 37.9 Å². The van der Waals surface area contributed by atoms with Gasteiger partial charge in [-0.25, -0.2) is 0 Å². The predicted octanol–water partition coefficient (Wildman–Crippen LogP) is 18.2. The molecule has 0 spiro atoms. The Morgan fingerprint density at radius 1 is 0.483 bits per heavy atom. The summed E-state index contributed by atoms with van der Waals surface area (Å²) in [4.78, 5) is 0. The number of rotatable bonds is 8. The maximum atomic E-state index is 4.93. The summed E-state index contributed by atoms with van der Waals surface area (Å²) in [6, 6.07) is 42.5. The van der Waals surface area contributed by atoms with E-state index in [-0.39, 0.29) is 0 Å². The summed E-state index contributed by atoms with van der Waals surface area (Å²) >= 11 is -0.826. The van der Waals surface area contributed by atoms with E-state index in [0.717, 1.165) is 33.2 Å². The summed E-state index contributed by atoms with van der Waals surface area (Å²) in [6.45, 7) is 4.31. The van der Waals surface area contributed by atoms with Crippen molar-refractivity contribution < 1.29 is 20.8 Å². The maximum Gasteiger partial charge on any atom is -0.0162 e. The summed E-state index contributed by atoms with van der Waals surface area (Å²) < 4.78 is 0. The fourth-order valence-electron chi connectivity index (χ4n) is 11.2. The first-order chi connectivity index (χ1) is 29.6. The zero-order chi connectivity index (χ0) is 41.5. The van der Waals surface area contributed by atoms with Crippen LogP contribution in [0, 0.1) is 11.8 Å². The molecule has 4 heteroatoms. The van der Waals surface area contributed by atoms with Gasteiger partial charge in [0.2, 0.25) is 0 Å². The van der Waals surface area contributed by atoms with Crippen LogP contribution in [0.3, 0.4) is 0 Å². The first kappa shape index (κ1) is 45.8. The average molecular weight is 931 g/mol. The van der Waals surface area contributed by atoms with E-state index in [9.17, 15) is 0 Å². The van der Waals surface area contributed by atoms with Crippen LogP contribution < -0.4 is 0 Å². The molecular formula is C56H68Cl2SiZr. The minimum absolute atomic E-state index is 0.792. The molecule has 4 aliphatic rings. The van der Waals surface area contributed by atoms with Crippen LogP contribution in [0.4, 0.5) is 0 Å². The van der Waals surface area contributed by atoms with E-state index < -0.39 is 20.8 Å². The molecule has 0 aliphatic heterocycles. The fraction of sp³-hybridized carbons (Fsp3) is 0.464. The summed E-state index contributed by atoms with van der Waals surface area (Å²) in [7, 11) is 11.0. The molecular weight excluding hydrogens is 863 g/mol. The average Bonchev–Trinajstić information content (AvgIpc) is 4.14. The third kappa shape index (κ3) is 12.5. The molecule has 0 N–H and O–H groups in total. The molecule has 0 saturated heterocycles. The molecule has 6 aromatic rings. The number of hydrogen-bond donors (Lipinski definition) is 0. The van der Waals surface area contributed by atoms with Crippen molar-refractivity contribution >= 4 is 48.1 Å². The van der Waals surface area contributed by atoms with Gasteiger partial charge in [0, 0.05) is 9.52 Å². The zero-order valence-corrected chi connectivity index (χ0v) is 41.6. The van der Waals surface area contributed by atoms with E-state index in [2.05, 4.69) is 122 Å². The van der Waals surface area contributed by atoms with Crippen molar-refractivity contribution in [3.63, 3.8) is 0 Å². The Labute approximate surface area is 384 Å². The summed E-state index contributed by atoms with van der Waals surface area (Å²) in [5.41, 5.74) is 11.7. The molecule has 10 rings (SSSR count). The molecule has 4 fully saturated rings. The van der Waals surface area contributed by atoms with Gasteiger partial charge < -0.3 is 0 Å². The van der Waals surface area contributed by atoms with Gasteiger partial charge in [-0.2, -0.15) is 12.1 Å². The predicted molar refractivity (Wildman–Crippen MR) is 262 cm³/mol. The molecule has 2 radical (unpaired) electrons. The molecule has 0 amide bonds. The van der Waals surface area contributed by atoms with Gasteiger partial charge in [0.1, 0.15) is 0 Å². The molecule has 0 atom stereocenters. The second-order valence-corrected chi connectivity index (χ2v) is 23.3. The Morgan fingerprint density at radius 2 is 0.817 bits per heavy atom. The van der Waals surface area contributed by atoms with Gasteiger partial charge in [-0.15, -0.1) is 69.1 Å². The van der Waals surface area contributed by atoms with E-state index in [1.807, 2.05) is 0 Å². The van der Waals surface area contributed by atoms with E-state index in [1.54, 1.807) is 22.3 Å². The minimum Gasteiger partial charge on any atom is -0.164 e. The van der Waals surface area contributed by atoms with Crippen molar-refractivity contribution in [2.24, 2.45) is 11.8 Å². The standard InChI is InChI=1S/2C27H31.C2H6Si.2ClH.Zr/c2*1-2-9-22(10-3-1)23-13-15-24(16-14-23)26-12-6-11-25-18-21(19-27(25)26)17-20-7-4-5-8-20;1-3-2;;;/h2*6,11-16,18-20,22H,1-5,7-10,17H2;1-2H3;2*1H;/q2*-1;;;;+4/p-2. The van der Waals surface area contributed by atoms with Crippen LogP contribution in [0.1, 0.15) is 150 Å². The van der Waals surface area contributed by atoms with Crippen LogP contribution in [0.5, 0.6) is 0 Å². The Bertz CT molecular complexity index is 1980. The summed E-state index contributed by atoms with van der Waals surface area (Å²) in [5.74, 6) is 3.42. The summed E-state index contributed by atoms with van der Waals surface area (Å²) in [6.07, 6.45) is 28.0. The van der Waals surface area contributed by atoms with Crippen LogP contribution in [0.15, 0.2) is 109 Å². The molecule has 6 aromatic carbocycles. The van der Waals surface area contributed by atoms with Crippen molar-refractivity contribution in [1.29, 1.82) is 0 Å². The van der Waals surface area contributed by atoms with Gasteiger partial charge in [-0.1, -0.05) is 175 Å². The Kier molecular flexibility index (Phi) is 18.3. The van der Waals surface area contributed by atoms with E-state index in [0.29, 0.717) is 0 Å². The smallest absolute Gasteiger partial charge is 0.0162 e. The second kappa shape index (κ2) is 24.0. The molecule has 4 aliphatic carbocycles. The van der Waals surface area contributed by atoms with Gasteiger partial charge in [-0.05, 0) is 84.5 Å². The van der Waals surface area contributed by atoms with E-state index in [1.165, 1.54) is 172 Å². The van der Waals surface area contributed by atoms with Crippen molar-refractivity contribution in [2.75, 3.05) is 0 Å². The van der Waals surface area contributed by atoms with Crippen molar-refractivity contribution in [3.8, 4) is 22.3 Å². The van der Waals surface area contributed by atoms with Crippen molar-refractivity contribution in [1.82, 2.24) is 0 Å². The van der Waals surface area contributed by atoms with Crippen LogP contribution in [-0.2, 0) is 33.7 Å². The Balaban J connectivity index is 0.000000161. The molecule has 314 valence electrons. The molecule has 0 nitrogen and oxygen atoms in total.